The van der Waals surface area contributed by atoms with Crippen molar-refractivity contribution in [2.45, 2.75) is 32.9 Å². The summed E-state index contributed by atoms with van der Waals surface area (Å²) in [7, 11) is 0. The van der Waals surface area contributed by atoms with Gasteiger partial charge in [0, 0.05) is 36.7 Å². The molecule has 1 aromatic carbocycles. The lowest BCUT2D eigenvalue weighted by molar-refractivity contribution is 0.520. The second-order valence-electron chi connectivity index (χ2n) is 5.05. The van der Waals surface area contributed by atoms with Crippen molar-refractivity contribution in [3.8, 4) is 0 Å². The van der Waals surface area contributed by atoms with E-state index in [-0.39, 0.29) is 0 Å². The number of rotatable bonds is 7. The molecular formula is C16H20N4O. The molecule has 0 aliphatic heterocycles. The summed E-state index contributed by atoms with van der Waals surface area (Å²) in [5.74, 6) is 1.08. The number of fused-ring (bicyclic) bond motifs is 1. The summed E-state index contributed by atoms with van der Waals surface area (Å²) in [4.78, 5) is 0. The highest BCUT2D eigenvalue weighted by atomic mass is 16.3. The van der Waals surface area contributed by atoms with Gasteiger partial charge in [0.25, 0.3) is 0 Å². The molecule has 2 aromatic heterocycles. The first-order valence-electron chi connectivity index (χ1n) is 7.42. The van der Waals surface area contributed by atoms with Gasteiger partial charge in [-0.05, 0) is 19.0 Å². The van der Waals surface area contributed by atoms with Gasteiger partial charge in [-0.25, -0.2) is 0 Å². The smallest absolute Gasteiger partial charge is 0.134 e. The number of hydrogen-bond acceptors (Lipinski definition) is 4. The van der Waals surface area contributed by atoms with Gasteiger partial charge in [-0.2, -0.15) is 0 Å². The summed E-state index contributed by atoms with van der Waals surface area (Å²) in [6.07, 6.45) is 5.54. The summed E-state index contributed by atoms with van der Waals surface area (Å²) >= 11 is 0. The molecule has 0 bridgehead atoms. The average molecular weight is 284 g/mol. The zero-order valence-electron chi connectivity index (χ0n) is 12.2. The lowest BCUT2D eigenvalue weighted by Gasteiger charge is -2.05. The Hall–Kier alpha value is -2.14. The van der Waals surface area contributed by atoms with Crippen LogP contribution < -0.4 is 5.32 Å². The Morgan fingerprint density at radius 1 is 1.29 bits per heavy atom. The molecule has 0 aliphatic carbocycles. The fourth-order valence-corrected chi connectivity index (χ4v) is 2.56. The van der Waals surface area contributed by atoms with Crippen LogP contribution in [-0.2, 0) is 19.5 Å². The van der Waals surface area contributed by atoms with Gasteiger partial charge < -0.3 is 9.73 Å². The van der Waals surface area contributed by atoms with Gasteiger partial charge in [-0.3, -0.25) is 4.68 Å². The first-order valence-corrected chi connectivity index (χ1v) is 7.42. The van der Waals surface area contributed by atoms with Gasteiger partial charge in [0.15, 0.2) is 0 Å². The van der Waals surface area contributed by atoms with Crippen LogP contribution in [0.5, 0.6) is 0 Å². The quantitative estimate of drug-likeness (QED) is 0.678. The number of nitrogens with zero attached hydrogens (tertiary/aromatic N) is 3. The van der Waals surface area contributed by atoms with Crippen molar-refractivity contribution in [1.29, 1.82) is 0 Å². The molecule has 1 N–H and O–H groups in total. The van der Waals surface area contributed by atoms with Crippen molar-refractivity contribution >= 4 is 11.0 Å². The first-order chi connectivity index (χ1) is 10.4. The van der Waals surface area contributed by atoms with Gasteiger partial charge in [-0.1, -0.05) is 30.3 Å². The fourth-order valence-electron chi connectivity index (χ4n) is 2.56. The lowest BCUT2D eigenvalue weighted by Crippen LogP contribution is -2.17. The summed E-state index contributed by atoms with van der Waals surface area (Å²) < 4.78 is 7.76. The van der Waals surface area contributed by atoms with Crippen LogP contribution in [-0.4, -0.2) is 21.5 Å². The molecule has 0 saturated heterocycles. The number of para-hydroxylation sites is 1. The highest BCUT2D eigenvalue weighted by Crippen LogP contribution is 2.26. The van der Waals surface area contributed by atoms with Crippen LogP contribution >= 0.6 is 0 Å². The van der Waals surface area contributed by atoms with Crippen LogP contribution in [0.3, 0.4) is 0 Å². The van der Waals surface area contributed by atoms with E-state index in [1.54, 1.807) is 6.20 Å². The maximum atomic E-state index is 5.90. The molecule has 0 amide bonds. The van der Waals surface area contributed by atoms with Gasteiger partial charge in [0.2, 0.25) is 0 Å². The normalized spacial score (nSPS) is 11.3. The van der Waals surface area contributed by atoms with E-state index in [9.17, 15) is 0 Å². The van der Waals surface area contributed by atoms with Crippen molar-refractivity contribution in [2.75, 3.05) is 6.54 Å². The molecule has 5 heteroatoms. The van der Waals surface area contributed by atoms with E-state index in [1.807, 2.05) is 23.0 Å². The van der Waals surface area contributed by atoms with Crippen molar-refractivity contribution in [3.05, 3.63) is 48.0 Å². The number of nitrogens with one attached hydrogen (secondary N) is 1. The van der Waals surface area contributed by atoms with Crippen LogP contribution in [0.1, 0.15) is 24.7 Å². The molecule has 0 unspecified atom stereocenters. The monoisotopic (exact) mass is 284 g/mol. The van der Waals surface area contributed by atoms with Gasteiger partial charge in [0.1, 0.15) is 11.3 Å². The molecule has 5 nitrogen and oxygen atoms in total. The standard InChI is InChI=1S/C16H20N4O/c1-2-15-14(13-6-3-4-7-16(13)21-15)12-17-8-5-10-20-11-9-18-19-20/h3-4,6-7,9,11,17H,2,5,8,10,12H2,1H3. The van der Waals surface area contributed by atoms with Crippen LogP contribution in [0.15, 0.2) is 41.1 Å². The van der Waals surface area contributed by atoms with E-state index in [2.05, 4.69) is 34.7 Å². The van der Waals surface area contributed by atoms with E-state index < -0.39 is 0 Å². The summed E-state index contributed by atoms with van der Waals surface area (Å²) in [6.45, 7) is 4.81. The Morgan fingerprint density at radius 2 is 2.19 bits per heavy atom. The molecule has 0 aliphatic rings. The fraction of sp³-hybridized carbons (Fsp3) is 0.375. The second kappa shape index (κ2) is 6.54. The minimum atomic E-state index is 0.845. The Kier molecular flexibility index (Phi) is 4.31. The van der Waals surface area contributed by atoms with Crippen molar-refractivity contribution in [3.63, 3.8) is 0 Å². The Morgan fingerprint density at radius 3 is 3.00 bits per heavy atom. The number of furan rings is 1. The summed E-state index contributed by atoms with van der Waals surface area (Å²) in [6, 6.07) is 8.24. The van der Waals surface area contributed by atoms with Gasteiger partial charge in [0.05, 0.1) is 6.20 Å². The molecule has 3 aromatic rings. The first kappa shape index (κ1) is 13.8. The number of aromatic nitrogens is 3. The predicted octanol–water partition coefficient (Wildman–Crippen LogP) is 2.77. The maximum Gasteiger partial charge on any atom is 0.134 e. The molecule has 2 heterocycles. The number of aryl methyl sites for hydroxylation is 2. The third kappa shape index (κ3) is 3.13. The topological polar surface area (TPSA) is 55.9 Å². The van der Waals surface area contributed by atoms with Crippen LogP contribution in [0.25, 0.3) is 11.0 Å². The van der Waals surface area contributed by atoms with Crippen LogP contribution in [0.2, 0.25) is 0 Å². The molecular weight excluding hydrogens is 264 g/mol. The molecule has 0 atom stereocenters. The van der Waals surface area contributed by atoms with Crippen molar-refractivity contribution < 1.29 is 4.42 Å². The minimum Gasteiger partial charge on any atom is -0.461 e. The van der Waals surface area contributed by atoms with Crippen molar-refractivity contribution in [1.82, 2.24) is 20.3 Å². The van der Waals surface area contributed by atoms with Gasteiger partial charge in [-0.15, -0.1) is 5.10 Å². The number of hydrogen-bond donors (Lipinski definition) is 1. The molecule has 3 rings (SSSR count). The molecule has 0 spiro atoms. The van der Waals surface area contributed by atoms with Gasteiger partial charge >= 0.3 is 0 Å². The molecule has 110 valence electrons. The Balaban J connectivity index is 1.57. The van der Waals surface area contributed by atoms with E-state index in [0.717, 1.165) is 43.8 Å². The highest BCUT2D eigenvalue weighted by molar-refractivity contribution is 5.82. The van der Waals surface area contributed by atoms with Crippen molar-refractivity contribution in [2.24, 2.45) is 0 Å². The minimum absolute atomic E-state index is 0.845. The van der Waals surface area contributed by atoms with E-state index in [0.29, 0.717) is 0 Å². The second-order valence-corrected chi connectivity index (χ2v) is 5.05. The van der Waals surface area contributed by atoms with E-state index in [1.165, 1.54) is 10.9 Å². The van der Waals surface area contributed by atoms with Crippen LogP contribution in [0, 0.1) is 0 Å². The predicted molar refractivity (Wildman–Crippen MR) is 81.9 cm³/mol. The highest BCUT2D eigenvalue weighted by Gasteiger charge is 2.11. The van der Waals surface area contributed by atoms with E-state index in [4.69, 9.17) is 4.42 Å². The van der Waals surface area contributed by atoms with E-state index >= 15 is 0 Å². The SMILES string of the molecule is CCc1oc2ccccc2c1CNCCCn1ccnn1. The van der Waals surface area contributed by atoms with Crippen LogP contribution in [0.4, 0.5) is 0 Å². The maximum absolute atomic E-state index is 5.90. The third-order valence-electron chi connectivity index (χ3n) is 3.62. The largest absolute Gasteiger partial charge is 0.461 e. The Bertz CT molecular complexity index is 687. The molecule has 0 radical (unpaired) electrons. The third-order valence-corrected chi connectivity index (χ3v) is 3.62. The molecule has 21 heavy (non-hydrogen) atoms. The zero-order valence-corrected chi connectivity index (χ0v) is 12.2. The average Bonchev–Trinajstić information content (AvgIpc) is 3.14. The molecule has 0 fully saturated rings. The summed E-state index contributed by atoms with van der Waals surface area (Å²) in [5, 5.41) is 12.5. The Labute approximate surface area is 123 Å². The molecule has 0 saturated carbocycles. The number of benzene rings is 1. The zero-order chi connectivity index (χ0) is 14.5. The summed E-state index contributed by atoms with van der Waals surface area (Å²) in [5.41, 5.74) is 2.27. The lowest BCUT2D eigenvalue weighted by atomic mass is 10.1.